The molecule has 0 bridgehead atoms. The molecule has 0 aromatic rings. The van der Waals surface area contributed by atoms with Crippen LogP contribution in [0.25, 0.3) is 0 Å². The largest absolute Gasteiger partial charge is 0.478 e. The summed E-state index contributed by atoms with van der Waals surface area (Å²) in [6.45, 7) is 6.69. The average molecular weight is 255 g/mol. The molecule has 1 aliphatic heterocycles. The number of hydrogen-bond donors (Lipinski definition) is 1. The van der Waals surface area contributed by atoms with Crippen molar-refractivity contribution in [1.29, 1.82) is 0 Å². The topological polar surface area (TPSA) is 66.8 Å². The van der Waals surface area contributed by atoms with Gasteiger partial charge in [0.05, 0.1) is 0 Å². The summed E-state index contributed by atoms with van der Waals surface area (Å²) in [7, 11) is 0. The summed E-state index contributed by atoms with van der Waals surface area (Å²) in [5, 5.41) is 8.58. The molecule has 5 nitrogen and oxygen atoms in total. The Kier molecular flexibility index (Phi) is 4.76. The van der Waals surface area contributed by atoms with Crippen LogP contribution in [0.4, 0.5) is 4.79 Å². The Bertz CT molecular complexity index is 343. The van der Waals surface area contributed by atoms with E-state index in [0.29, 0.717) is 13.1 Å². The number of piperidine rings is 1. The Morgan fingerprint density at radius 2 is 2.06 bits per heavy atom. The number of carbonyl (C=O) groups excluding carboxylic acids is 1. The molecule has 102 valence electrons. The van der Waals surface area contributed by atoms with E-state index in [1.807, 2.05) is 20.8 Å². The molecular formula is C13H21NO4. The summed E-state index contributed by atoms with van der Waals surface area (Å²) in [5.41, 5.74) is -0.499. The number of carboxylic acids is 1. The molecule has 1 saturated heterocycles. The Labute approximate surface area is 107 Å². The minimum absolute atomic E-state index is 0.0994. The molecule has 1 heterocycles. The fourth-order valence-corrected chi connectivity index (χ4v) is 1.88. The van der Waals surface area contributed by atoms with Crippen LogP contribution in [-0.4, -0.2) is 40.8 Å². The fraction of sp³-hybridized carbons (Fsp3) is 0.692. The zero-order valence-electron chi connectivity index (χ0n) is 11.2. The molecule has 0 saturated carbocycles. The van der Waals surface area contributed by atoms with Gasteiger partial charge in [0.1, 0.15) is 5.60 Å². The van der Waals surface area contributed by atoms with E-state index in [4.69, 9.17) is 9.84 Å². The summed E-state index contributed by atoms with van der Waals surface area (Å²) in [6, 6.07) is 0. The van der Waals surface area contributed by atoms with Crippen molar-refractivity contribution in [2.24, 2.45) is 5.92 Å². The van der Waals surface area contributed by atoms with Gasteiger partial charge in [-0.15, -0.1) is 0 Å². The second-order valence-electron chi connectivity index (χ2n) is 5.53. The molecule has 0 aromatic heterocycles. The second kappa shape index (κ2) is 5.89. The number of nitrogens with zero attached hydrogens (tertiary/aromatic N) is 1. The first-order valence-electron chi connectivity index (χ1n) is 6.17. The van der Waals surface area contributed by atoms with Gasteiger partial charge in [0, 0.05) is 19.2 Å². The maximum atomic E-state index is 11.9. The number of carbonyl (C=O) groups is 2. The van der Waals surface area contributed by atoms with Gasteiger partial charge in [-0.05, 0) is 39.5 Å². The zero-order valence-corrected chi connectivity index (χ0v) is 11.2. The molecule has 1 N–H and O–H groups in total. The summed E-state index contributed by atoms with van der Waals surface area (Å²) >= 11 is 0. The maximum Gasteiger partial charge on any atom is 0.410 e. The molecule has 0 radical (unpaired) electrons. The van der Waals surface area contributed by atoms with Crippen LogP contribution < -0.4 is 0 Å². The van der Waals surface area contributed by atoms with Crippen molar-refractivity contribution in [3.8, 4) is 0 Å². The number of likely N-dealkylation sites (tertiary alicyclic amines) is 1. The number of ether oxygens (including phenoxy) is 1. The van der Waals surface area contributed by atoms with E-state index in [0.717, 1.165) is 18.9 Å². The Morgan fingerprint density at radius 3 is 2.61 bits per heavy atom. The van der Waals surface area contributed by atoms with E-state index < -0.39 is 11.6 Å². The van der Waals surface area contributed by atoms with Crippen LogP contribution in [0.1, 0.15) is 33.6 Å². The van der Waals surface area contributed by atoms with Crippen molar-refractivity contribution >= 4 is 12.1 Å². The quantitative estimate of drug-likeness (QED) is 0.769. The molecule has 18 heavy (non-hydrogen) atoms. The first-order chi connectivity index (χ1) is 8.28. The van der Waals surface area contributed by atoms with Crippen LogP contribution in [0.5, 0.6) is 0 Å². The predicted molar refractivity (Wildman–Crippen MR) is 67.3 cm³/mol. The zero-order chi connectivity index (χ0) is 13.8. The first kappa shape index (κ1) is 14.5. The molecule has 0 unspecified atom stereocenters. The number of hydrogen-bond acceptors (Lipinski definition) is 3. The van der Waals surface area contributed by atoms with Crippen molar-refractivity contribution in [1.82, 2.24) is 4.90 Å². The van der Waals surface area contributed by atoms with E-state index in [2.05, 4.69) is 0 Å². The Balaban J connectivity index is 2.53. The van der Waals surface area contributed by atoms with Crippen LogP contribution in [0.2, 0.25) is 0 Å². The average Bonchev–Trinajstić information content (AvgIpc) is 2.24. The highest BCUT2D eigenvalue weighted by molar-refractivity contribution is 5.79. The highest BCUT2D eigenvalue weighted by Crippen LogP contribution is 2.20. The highest BCUT2D eigenvalue weighted by Gasteiger charge is 2.26. The summed E-state index contributed by atoms with van der Waals surface area (Å²) < 4.78 is 5.30. The number of rotatable bonds is 2. The molecule has 0 aliphatic carbocycles. The van der Waals surface area contributed by atoms with Crippen molar-refractivity contribution < 1.29 is 19.4 Å². The van der Waals surface area contributed by atoms with E-state index in [-0.39, 0.29) is 12.0 Å². The molecule has 0 aromatic carbocycles. The van der Waals surface area contributed by atoms with Crippen LogP contribution in [0, 0.1) is 5.92 Å². The van der Waals surface area contributed by atoms with Gasteiger partial charge < -0.3 is 14.7 Å². The lowest BCUT2D eigenvalue weighted by Crippen LogP contribution is -2.42. The minimum atomic E-state index is -0.954. The molecule has 1 aliphatic rings. The Morgan fingerprint density at radius 1 is 1.39 bits per heavy atom. The summed E-state index contributed by atoms with van der Waals surface area (Å²) in [4.78, 5) is 24.0. The van der Waals surface area contributed by atoms with Crippen LogP contribution in [0.15, 0.2) is 12.2 Å². The van der Waals surface area contributed by atoms with Gasteiger partial charge in [0.25, 0.3) is 0 Å². The molecule has 1 fully saturated rings. The normalized spacial score (nSPS) is 21.1. The van der Waals surface area contributed by atoms with Gasteiger partial charge in [-0.2, -0.15) is 0 Å². The Hall–Kier alpha value is -1.52. The van der Waals surface area contributed by atoms with Gasteiger partial charge in [0.15, 0.2) is 0 Å². The van der Waals surface area contributed by atoms with Gasteiger partial charge in [-0.3, -0.25) is 0 Å². The van der Waals surface area contributed by atoms with Crippen LogP contribution >= 0.6 is 0 Å². The van der Waals surface area contributed by atoms with Crippen molar-refractivity contribution in [3.05, 3.63) is 12.2 Å². The molecular weight excluding hydrogens is 234 g/mol. The van der Waals surface area contributed by atoms with Gasteiger partial charge in [0.2, 0.25) is 0 Å². The van der Waals surface area contributed by atoms with E-state index >= 15 is 0 Å². The SMILES string of the molecule is CC(C)(C)OC(=O)N1CCC[C@@H](/C=C\C(=O)O)C1. The van der Waals surface area contributed by atoms with Gasteiger partial charge in [-0.1, -0.05) is 6.08 Å². The van der Waals surface area contributed by atoms with Crippen molar-refractivity contribution in [2.45, 2.75) is 39.2 Å². The lowest BCUT2D eigenvalue weighted by Gasteiger charge is -2.33. The molecule has 1 amide bonds. The number of amides is 1. The van der Waals surface area contributed by atoms with Gasteiger partial charge >= 0.3 is 12.1 Å². The lowest BCUT2D eigenvalue weighted by molar-refractivity contribution is -0.131. The third kappa shape index (κ3) is 5.21. The van der Waals surface area contributed by atoms with E-state index in [1.54, 1.807) is 11.0 Å². The molecule has 5 heteroatoms. The number of aliphatic carboxylic acids is 1. The van der Waals surface area contributed by atoms with Crippen molar-refractivity contribution in [3.63, 3.8) is 0 Å². The smallest absolute Gasteiger partial charge is 0.410 e. The van der Waals surface area contributed by atoms with Crippen LogP contribution in [0.3, 0.4) is 0 Å². The molecule has 1 atom stereocenters. The highest BCUT2D eigenvalue weighted by atomic mass is 16.6. The summed E-state index contributed by atoms with van der Waals surface area (Å²) in [5.74, 6) is -0.855. The number of carboxylic acid groups (broad SMARTS) is 1. The van der Waals surface area contributed by atoms with Crippen LogP contribution in [-0.2, 0) is 9.53 Å². The molecule has 0 spiro atoms. The fourth-order valence-electron chi connectivity index (χ4n) is 1.88. The van der Waals surface area contributed by atoms with E-state index in [1.165, 1.54) is 0 Å². The lowest BCUT2D eigenvalue weighted by atomic mass is 9.98. The van der Waals surface area contributed by atoms with Gasteiger partial charge in [-0.25, -0.2) is 9.59 Å². The first-order valence-corrected chi connectivity index (χ1v) is 6.17. The van der Waals surface area contributed by atoms with Crippen molar-refractivity contribution in [2.75, 3.05) is 13.1 Å². The monoisotopic (exact) mass is 255 g/mol. The minimum Gasteiger partial charge on any atom is -0.478 e. The third-order valence-electron chi connectivity index (χ3n) is 2.62. The third-order valence-corrected chi connectivity index (χ3v) is 2.62. The maximum absolute atomic E-state index is 11.9. The summed E-state index contributed by atoms with van der Waals surface area (Å²) in [6.07, 6.45) is 4.25. The second-order valence-corrected chi connectivity index (χ2v) is 5.53. The predicted octanol–water partition coefficient (Wildman–Crippen LogP) is 2.27. The van der Waals surface area contributed by atoms with E-state index in [9.17, 15) is 9.59 Å². The standard InChI is InChI=1S/C13H21NO4/c1-13(2,3)18-12(17)14-8-4-5-10(9-14)6-7-11(15)16/h6-7,10H,4-5,8-9H2,1-3H3,(H,15,16)/b7-6-/t10-/m0/s1. The molecule has 1 rings (SSSR count).